The number of rotatable bonds is 4. The van der Waals surface area contributed by atoms with Crippen LogP contribution in [0.4, 0.5) is 5.69 Å². The summed E-state index contributed by atoms with van der Waals surface area (Å²) >= 11 is 0. The lowest BCUT2D eigenvalue weighted by Gasteiger charge is -2.05. The van der Waals surface area contributed by atoms with E-state index in [-0.39, 0.29) is 0 Å². The molecular weight excluding hydrogens is 202 g/mol. The molecule has 1 aromatic rings. The van der Waals surface area contributed by atoms with E-state index in [1.54, 1.807) is 6.07 Å². The fraction of sp³-hybridized carbons (Fsp3) is 0.333. The van der Waals surface area contributed by atoms with Crippen molar-refractivity contribution in [1.29, 1.82) is 0 Å². The average Bonchev–Trinajstić information content (AvgIpc) is 2.14. The van der Waals surface area contributed by atoms with Crippen LogP contribution in [0.15, 0.2) is 24.3 Å². The van der Waals surface area contributed by atoms with Gasteiger partial charge in [-0.2, -0.15) is 8.42 Å². The monoisotopic (exact) mass is 215 g/mol. The van der Waals surface area contributed by atoms with Crippen LogP contribution in [0.25, 0.3) is 0 Å². The van der Waals surface area contributed by atoms with Gasteiger partial charge >= 0.3 is 0 Å². The molecule has 0 radical (unpaired) electrons. The van der Waals surface area contributed by atoms with Gasteiger partial charge in [0.1, 0.15) is 5.88 Å². The second-order valence-electron chi connectivity index (χ2n) is 2.96. The zero-order chi connectivity index (χ0) is 10.6. The molecule has 0 aliphatic carbocycles. The molecule has 78 valence electrons. The Kier molecular flexibility index (Phi) is 3.49. The summed E-state index contributed by atoms with van der Waals surface area (Å²) in [4.78, 5) is 0. The lowest BCUT2D eigenvalue weighted by molar-refractivity contribution is 0.485. The maximum absolute atomic E-state index is 10.5. The van der Waals surface area contributed by atoms with Crippen molar-refractivity contribution in [1.82, 2.24) is 0 Å². The number of nitrogens with one attached hydrogen (secondary N) is 1. The number of hydrogen-bond donors (Lipinski definition) is 2. The molecule has 0 spiro atoms. The molecule has 0 amide bonds. The third kappa shape index (κ3) is 3.76. The number of hydrogen-bond acceptors (Lipinski definition) is 3. The van der Waals surface area contributed by atoms with Gasteiger partial charge in [-0.1, -0.05) is 19.1 Å². The molecule has 0 bridgehead atoms. The van der Waals surface area contributed by atoms with Crippen LogP contribution in [-0.4, -0.2) is 18.8 Å². The van der Waals surface area contributed by atoms with E-state index in [0.29, 0.717) is 5.69 Å². The Labute approximate surface area is 83.7 Å². The zero-order valence-corrected chi connectivity index (χ0v) is 8.71. The predicted octanol–water partition coefficient (Wildman–Crippen LogP) is 1.51. The first-order valence-electron chi connectivity index (χ1n) is 4.29. The minimum atomic E-state index is -3.95. The van der Waals surface area contributed by atoms with Crippen LogP contribution in [-0.2, 0) is 16.5 Å². The minimum Gasteiger partial charge on any atom is -0.370 e. The molecule has 4 nitrogen and oxygen atoms in total. The zero-order valence-electron chi connectivity index (χ0n) is 7.90. The van der Waals surface area contributed by atoms with Crippen molar-refractivity contribution >= 4 is 15.8 Å². The number of benzene rings is 1. The summed E-state index contributed by atoms with van der Waals surface area (Å²) in [5.41, 5.74) is 1.81. The molecule has 0 unspecified atom stereocenters. The van der Waals surface area contributed by atoms with E-state index in [9.17, 15) is 8.42 Å². The van der Waals surface area contributed by atoms with E-state index in [0.717, 1.165) is 12.0 Å². The third-order valence-electron chi connectivity index (χ3n) is 1.79. The van der Waals surface area contributed by atoms with Gasteiger partial charge in [0.05, 0.1) is 0 Å². The molecule has 0 fully saturated rings. The maximum Gasteiger partial charge on any atom is 0.283 e. The molecule has 5 heteroatoms. The highest BCUT2D eigenvalue weighted by Crippen LogP contribution is 2.10. The van der Waals surface area contributed by atoms with Crippen LogP contribution in [0.5, 0.6) is 0 Å². The second-order valence-corrected chi connectivity index (χ2v) is 4.41. The summed E-state index contributed by atoms with van der Waals surface area (Å²) < 4.78 is 29.4. The van der Waals surface area contributed by atoms with Gasteiger partial charge < -0.3 is 5.32 Å². The van der Waals surface area contributed by atoms with Gasteiger partial charge in [0.15, 0.2) is 0 Å². The molecule has 1 rings (SSSR count). The molecule has 0 aliphatic heterocycles. The van der Waals surface area contributed by atoms with Crippen LogP contribution in [0.2, 0.25) is 0 Å². The maximum atomic E-state index is 10.5. The first-order valence-corrected chi connectivity index (χ1v) is 5.90. The van der Waals surface area contributed by atoms with Gasteiger partial charge in [-0.25, -0.2) is 0 Å². The summed E-state index contributed by atoms with van der Waals surface area (Å²) in [5, 5.41) is 2.62. The van der Waals surface area contributed by atoms with E-state index in [4.69, 9.17) is 4.55 Å². The van der Waals surface area contributed by atoms with Crippen LogP contribution in [0, 0.1) is 0 Å². The highest BCUT2D eigenvalue weighted by atomic mass is 32.2. The molecule has 2 N–H and O–H groups in total. The first-order chi connectivity index (χ1) is 6.51. The Balaban J connectivity index is 2.68. The van der Waals surface area contributed by atoms with Crippen LogP contribution in [0.3, 0.4) is 0 Å². The fourth-order valence-electron chi connectivity index (χ4n) is 1.08. The molecule has 1 aromatic carbocycles. The van der Waals surface area contributed by atoms with Gasteiger partial charge in [-0.3, -0.25) is 4.55 Å². The van der Waals surface area contributed by atoms with Gasteiger partial charge in [0.2, 0.25) is 0 Å². The SMILES string of the molecule is CCc1cccc(NCS(=O)(=O)O)c1. The Morgan fingerprint density at radius 2 is 2.14 bits per heavy atom. The Morgan fingerprint density at radius 1 is 1.43 bits per heavy atom. The van der Waals surface area contributed by atoms with Crippen LogP contribution < -0.4 is 5.32 Å². The fourth-order valence-corrected chi connectivity index (χ4v) is 1.42. The van der Waals surface area contributed by atoms with Crippen molar-refractivity contribution in [2.45, 2.75) is 13.3 Å². The van der Waals surface area contributed by atoms with E-state index >= 15 is 0 Å². The molecule has 14 heavy (non-hydrogen) atoms. The van der Waals surface area contributed by atoms with Gasteiger partial charge in [0, 0.05) is 5.69 Å². The third-order valence-corrected chi connectivity index (χ3v) is 2.30. The topological polar surface area (TPSA) is 66.4 Å². The smallest absolute Gasteiger partial charge is 0.283 e. The predicted molar refractivity (Wildman–Crippen MR) is 55.9 cm³/mol. The second kappa shape index (κ2) is 4.43. The summed E-state index contributed by atoms with van der Waals surface area (Å²) in [6, 6.07) is 7.40. The molecular formula is C9H13NO3S. The van der Waals surface area contributed by atoms with E-state index < -0.39 is 16.0 Å². The molecule has 0 saturated carbocycles. The Bertz CT molecular complexity index is 400. The molecule has 0 heterocycles. The van der Waals surface area contributed by atoms with Crippen molar-refractivity contribution < 1.29 is 13.0 Å². The highest BCUT2D eigenvalue weighted by Gasteiger charge is 2.03. The summed E-state index contributed by atoms with van der Waals surface area (Å²) in [5.74, 6) is -0.458. The normalized spacial score (nSPS) is 11.3. The molecule has 0 aliphatic rings. The lowest BCUT2D eigenvalue weighted by atomic mass is 10.1. The number of anilines is 1. The minimum absolute atomic E-state index is 0.458. The molecule has 0 atom stereocenters. The molecule has 0 aromatic heterocycles. The van der Waals surface area contributed by atoms with E-state index in [2.05, 4.69) is 5.32 Å². The van der Waals surface area contributed by atoms with Crippen LogP contribution in [0.1, 0.15) is 12.5 Å². The van der Waals surface area contributed by atoms with E-state index in [1.807, 2.05) is 25.1 Å². The van der Waals surface area contributed by atoms with Gasteiger partial charge in [0.25, 0.3) is 10.1 Å². The van der Waals surface area contributed by atoms with Crippen molar-refractivity contribution in [2.24, 2.45) is 0 Å². The largest absolute Gasteiger partial charge is 0.370 e. The van der Waals surface area contributed by atoms with Crippen molar-refractivity contribution in [3.8, 4) is 0 Å². The van der Waals surface area contributed by atoms with Gasteiger partial charge in [-0.15, -0.1) is 0 Å². The highest BCUT2D eigenvalue weighted by molar-refractivity contribution is 7.85. The van der Waals surface area contributed by atoms with Crippen LogP contribution >= 0.6 is 0 Å². The lowest BCUT2D eigenvalue weighted by Crippen LogP contribution is -2.12. The van der Waals surface area contributed by atoms with Crippen molar-refractivity contribution in [3.05, 3.63) is 29.8 Å². The Hall–Kier alpha value is -1.07. The summed E-state index contributed by atoms with van der Waals surface area (Å²) in [7, 11) is -3.95. The van der Waals surface area contributed by atoms with Crippen molar-refractivity contribution in [3.63, 3.8) is 0 Å². The number of aryl methyl sites for hydroxylation is 1. The Morgan fingerprint density at radius 3 is 2.71 bits per heavy atom. The summed E-state index contributed by atoms with van der Waals surface area (Å²) in [6.45, 7) is 2.02. The standard InChI is InChI=1S/C9H13NO3S/c1-2-8-4-3-5-9(6-8)10-7-14(11,12)13/h3-6,10H,2,7H2,1H3,(H,11,12,13). The summed E-state index contributed by atoms with van der Waals surface area (Å²) in [6.07, 6.45) is 0.890. The molecule has 0 saturated heterocycles. The quantitative estimate of drug-likeness (QED) is 0.747. The van der Waals surface area contributed by atoms with Gasteiger partial charge in [-0.05, 0) is 24.1 Å². The first kappa shape index (κ1) is 11.0. The average molecular weight is 215 g/mol. The van der Waals surface area contributed by atoms with E-state index in [1.165, 1.54) is 0 Å². The van der Waals surface area contributed by atoms with Crippen molar-refractivity contribution in [2.75, 3.05) is 11.2 Å².